The van der Waals surface area contributed by atoms with Gasteiger partial charge in [-0.1, -0.05) is 13.8 Å². The Bertz CT molecular complexity index is 422. The fourth-order valence-corrected chi connectivity index (χ4v) is 3.98. The van der Waals surface area contributed by atoms with Crippen molar-refractivity contribution in [3.05, 3.63) is 0 Å². The lowest BCUT2D eigenvalue weighted by atomic mass is 9.79. The number of aliphatic hydroxyl groups is 1. The van der Waals surface area contributed by atoms with Crippen molar-refractivity contribution in [2.45, 2.75) is 88.7 Å². The van der Waals surface area contributed by atoms with Crippen molar-refractivity contribution in [1.29, 1.82) is 0 Å². The molecule has 0 aromatic rings. The van der Waals surface area contributed by atoms with Crippen molar-refractivity contribution in [1.82, 2.24) is 0 Å². The quantitative estimate of drug-likeness (QED) is 0.679. The molecule has 0 bridgehead atoms. The van der Waals surface area contributed by atoms with Gasteiger partial charge in [0.2, 0.25) is 0 Å². The Labute approximate surface area is 114 Å². The molecule has 4 nitrogen and oxygen atoms in total. The molecule has 0 aromatic carbocycles. The Morgan fingerprint density at radius 3 is 2.53 bits per heavy atom. The highest BCUT2D eigenvalue weighted by Crippen LogP contribution is 2.56. The van der Waals surface area contributed by atoms with E-state index in [-0.39, 0.29) is 29.3 Å². The third-order valence-corrected chi connectivity index (χ3v) is 5.82. The van der Waals surface area contributed by atoms with Crippen LogP contribution < -0.4 is 0 Å². The van der Waals surface area contributed by atoms with Gasteiger partial charge in [-0.2, -0.15) is 0 Å². The number of epoxide rings is 3. The molecule has 7 atom stereocenters. The van der Waals surface area contributed by atoms with Gasteiger partial charge in [-0.15, -0.1) is 0 Å². The predicted molar refractivity (Wildman–Crippen MR) is 68.9 cm³/mol. The molecule has 0 radical (unpaired) electrons. The lowest BCUT2D eigenvalue weighted by molar-refractivity contribution is 0.0593. The molecule has 1 N–H and O–H groups in total. The van der Waals surface area contributed by atoms with E-state index in [1.54, 1.807) is 0 Å². The van der Waals surface area contributed by atoms with Gasteiger partial charge in [-0.05, 0) is 38.5 Å². The van der Waals surface area contributed by atoms with E-state index in [9.17, 15) is 5.11 Å². The molecule has 0 aromatic heterocycles. The molecule has 1 aliphatic carbocycles. The summed E-state index contributed by atoms with van der Waals surface area (Å²) in [6, 6.07) is 0. The highest BCUT2D eigenvalue weighted by molar-refractivity contribution is 5.16. The molecule has 3 aliphatic heterocycles. The van der Waals surface area contributed by atoms with E-state index >= 15 is 0 Å². The molecule has 1 saturated carbocycles. The molecule has 3 heterocycles. The summed E-state index contributed by atoms with van der Waals surface area (Å²) in [6.07, 6.45) is 3.09. The van der Waals surface area contributed by atoms with Gasteiger partial charge in [0.15, 0.2) is 0 Å². The Balaban J connectivity index is 1.59. The van der Waals surface area contributed by atoms with Gasteiger partial charge < -0.3 is 19.3 Å². The van der Waals surface area contributed by atoms with Crippen LogP contribution in [0.15, 0.2) is 0 Å². The SMILES string of the molecule is CC1(C)C[C@@H]2O[C@@]2(C)CC[C@H]2O[C@]2(C)C(O)[C@@H]2O[C@H]21. The smallest absolute Gasteiger partial charge is 0.120 e. The molecule has 0 amide bonds. The van der Waals surface area contributed by atoms with Crippen LogP contribution in [0.5, 0.6) is 0 Å². The van der Waals surface area contributed by atoms with Gasteiger partial charge in [0.1, 0.15) is 17.8 Å². The number of hydrogen-bond donors (Lipinski definition) is 1. The van der Waals surface area contributed by atoms with Gasteiger partial charge in [-0.3, -0.25) is 0 Å². The molecular weight excluding hydrogens is 244 g/mol. The fraction of sp³-hybridized carbons (Fsp3) is 1.00. The van der Waals surface area contributed by atoms with Crippen molar-refractivity contribution in [3.8, 4) is 0 Å². The van der Waals surface area contributed by atoms with E-state index in [1.165, 1.54) is 0 Å². The minimum absolute atomic E-state index is 0.0177. The van der Waals surface area contributed by atoms with E-state index in [4.69, 9.17) is 14.2 Å². The molecule has 4 aliphatic rings. The maximum Gasteiger partial charge on any atom is 0.120 e. The molecular formula is C15H24O4. The Kier molecular flexibility index (Phi) is 2.22. The van der Waals surface area contributed by atoms with Crippen LogP contribution in [0.4, 0.5) is 0 Å². The molecule has 108 valence electrons. The van der Waals surface area contributed by atoms with Crippen LogP contribution in [0.1, 0.15) is 47.0 Å². The lowest BCUT2D eigenvalue weighted by Gasteiger charge is -2.23. The van der Waals surface area contributed by atoms with Crippen LogP contribution >= 0.6 is 0 Å². The van der Waals surface area contributed by atoms with Gasteiger partial charge in [0, 0.05) is 0 Å². The number of ether oxygens (including phenoxy) is 3. The highest BCUT2D eigenvalue weighted by Gasteiger charge is 2.68. The van der Waals surface area contributed by atoms with Crippen molar-refractivity contribution < 1.29 is 19.3 Å². The Hall–Kier alpha value is -0.160. The second kappa shape index (κ2) is 3.35. The van der Waals surface area contributed by atoms with Gasteiger partial charge in [-0.25, -0.2) is 0 Å². The molecule has 0 spiro atoms. The first kappa shape index (κ1) is 12.6. The van der Waals surface area contributed by atoms with E-state index in [1.807, 2.05) is 6.92 Å². The summed E-state index contributed by atoms with van der Waals surface area (Å²) < 4.78 is 17.5. The van der Waals surface area contributed by atoms with E-state index in [0.29, 0.717) is 6.10 Å². The molecule has 4 fully saturated rings. The molecule has 4 heteroatoms. The number of fused-ring (bicyclic) bond motifs is 3. The normalized spacial score (nSPS) is 62.1. The molecule has 1 unspecified atom stereocenters. The first-order valence-corrected chi connectivity index (χ1v) is 7.45. The lowest BCUT2D eigenvalue weighted by Crippen LogP contribution is -2.37. The topological polar surface area (TPSA) is 57.8 Å². The minimum atomic E-state index is -0.495. The molecule has 4 rings (SSSR count). The number of hydrogen-bond acceptors (Lipinski definition) is 4. The van der Waals surface area contributed by atoms with Crippen molar-refractivity contribution in [2.75, 3.05) is 0 Å². The summed E-state index contributed by atoms with van der Waals surface area (Å²) in [5.74, 6) is 0. The summed E-state index contributed by atoms with van der Waals surface area (Å²) >= 11 is 0. The Morgan fingerprint density at radius 2 is 1.79 bits per heavy atom. The van der Waals surface area contributed by atoms with Crippen LogP contribution in [-0.2, 0) is 14.2 Å². The zero-order valence-electron chi connectivity index (χ0n) is 12.2. The summed E-state index contributed by atoms with van der Waals surface area (Å²) in [4.78, 5) is 0. The third kappa shape index (κ3) is 1.73. The highest BCUT2D eigenvalue weighted by atomic mass is 16.6. The molecule has 3 saturated heterocycles. The number of aliphatic hydroxyl groups excluding tert-OH is 1. The zero-order valence-corrected chi connectivity index (χ0v) is 12.2. The summed E-state index contributed by atoms with van der Waals surface area (Å²) in [6.45, 7) is 8.66. The standard InChI is InChI=1S/C15H24O4/c1-13(2)7-9-14(3,18-9)6-5-8-15(4,19-8)11(16)10-12(13)17-10/h8-12,16H,5-7H2,1-4H3/t8-,9+,10+,11?,12-,14+,15+/m1/s1. The first-order valence-electron chi connectivity index (χ1n) is 7.45. The van der Waals surface area contributed by atoms with Crippen LogP contribution in [-0.4, -0.2) is 46.8 Å². The summed E-state index contributed by atoms with van der Waals surface area (Å²) in [5, 5.41) is 10.5. The van der Waals surface area contributed by atoms with Gasteiger partial charge >= 0.3 is 0 Å². The van der Waals surface area contributed by atoms with Crippen molar-refractivity contribution in [3.63, 3.8) is 0 Å². The maximum atomic E-state index is 10.5. The van der Waals surface area contributed by atoms with Gasteiger partial charge in [0.25, 0.3) is 0 Å². The van der Waals surface area contributed by atoms with E-state index in [0.717, 1.165) is 19.3 Å². The van der Waals surface area contributed by atoms with Crippen molar-refractivity contribution >= 4 is 0 Å². The Morgan fingerprint density at radius 1 is 1.05 bits per heavy atom. The monoisotopic (exact) mass is 268 g/mol. The fourth-order valence-electron chi connectivity index (χ4n) is 3.98. The summed E-state index contributed by atoms with van der Waals surface area (Å²) in [5.41, 5.74) is -0.330. The third-order valence-electron chi connectivity index (χ3n) is 5.82. The predicted octanol–water partition coefficient (Wildman–Crippen LogP) is 1.64. The average molecular weight is 268 g/mol. The first-order chi connectivity index (χ1) is 8.76. The second-order valence-corrected chi connectivity index (χ2v) is 7.91. The molecule has 19 heavy (non-hydrogen) atoms. The number of rotatable bonds is 0. The van der Waals surface area contributed by atoms with E-state index in [2.05, 4.69) is 20.8 Å². The van der Waals surface area contributed by atoms with E-state index < -0.39 is 11.7 Å². The second-order valence-electron chi connectivity index (χ2n) is 7.91. The largest absolute Gasteiger partial charge is 0.387 e. The van der Waals surface area contributed by atoms with Crippen LogP contribution in [0.25, 0.3) is 0 Å². The maximum absolute atomic E-state index is 10.5. The summed E-state index contributed by atoms with van der Waals surface area (Å²) in [7, 11) is 0. The van der Waals surface area contributed by atoms with Crippen LogP contribution in [0.3, 0.4) is 0 Å². The van der Waals surface area contributed by atoms with Crippen LogP contribution in [0.2, 0.25) is 0 Å². The van der Waals surface area contributed by atoms with Crippen molar-refractivity contribution in [2.24, 2.45) is 5.41 Å². The average Bonchev–Trinajstić information content (AvgIpc) is 3.17. The zero-order chi connectivity index (χ0) is 13.6. The van der Waals surface area contributed by atoms with Gasteiger partial charge in [0.05, 0.1) is 23.9 Å². The minimum Gasteiger partial charge on any atom is -0.387 e. The van der Waals surface area contributed by atoms with Crippen LogP contribution in [0, 0.1) is 5.41 Å².